The molecule has 0 saturated carbocycles. The van der Waals surface area contributed by atoms with Gasteiger partial charge in [0.2, 0.25) is 0 Å². The highest BCUT2D eigenvalue weighted by atomic mass is 16.5. The standard InChI is InChI=1S/C21H26O3/c1-17(2)16-23-14-6-7-15-24-21(22)20-12-10-19(11-13-20)18-8-4-3-5-9-18/h3-5,8-13,17H,6-7,14-16H2,1-2H3. The summed E-state index contributed by atoms with van der Waals surface area (Å²) in [6.07, 6.45) is 1.73. The van der Waals surface area contributed by atoms with Crippen molar-refractivity contribution in [3.05, 3.63) is 60.2 Å². The van der Waals surface area contributed by atoms with Gasteiger partial charge in [0.25, 0.3) is 0 Å². The molecule has 0 saturated heterocycles. The molecule has 0 fully saturated rings. The fourth-order valence-electron chi connectivity index (χ4n) is 2.30. The zero-order valence-electron chi connectivity index (χ0n) is 14.5. The molecule has 24 heavy (non-hydrogen) atoms. The minimum atomic E-state index is -0.266. The Hall–Kier alpha value is -2.13. The van der Waals surface area contributed by atoms with E-state index < -0.39 is 0 Å². The third-order valence-corrected chi connectivity index (χ3v) is 3.60. The SMILES string of the molecule is CC(C)COCCCCOC(=O)c1ccc(-c2ccccc2)cc1. The Morgan fingerprint density at radius 2 is 1.50 bits per heavy atom. The first-order valence-electron chi connectivity index (χ1n) is 8.57. The Morgan fingerprint density at radius 1 is 0.875 bits per heavy atom. The third-order valence-electron chi connectivity index (χ3n) is 3.60. The number of hydrogen-bond donors (Lipinski definition) is 0. The Kier molecular flexibility index (Phi) is 7.50. The van der Waals surface area contributed by atoms with Crippen LogP contribution in [0.2, 0.25) is 0 Å². The second-order valence-corrected chi connectivity index (χ2v) is 6.26. The highest BCUT2D eigenvalue weighted by Gasteiger charge is 2.07. The van der Waals surface area contributed by atoms with Gasteiger partial charge in [-0.25, -0.2) is 4.79 Å². The molecule has 0 radical (unpaired) electrons. The lowest BCUT2D eigenvalue weighted by Gasteiger charge is -2.08. The van der Waals surface area contributed by atoms with E-state index in [-0.39, 0.29) is 5.97 Å². The van der Waals surface area contributed by atoms with Crippen molar-refractivity contribution in [1.29, 1.82) is 0 Å². The number of ether oxygens (including phenoxy) is 2. The molecule has 0 bridgehead atoms. The fourth-order valence-corrected chi connectivity index (χ4v) is 2.30. The van der Waals surface area contributed by atoms with Gasteiger partial charge in [-0.3, -0.25) is 0 Å². The van der Waals surface area contributed by atoms with E-state index in [4.69, 9.17) is 9.47 Å². The first kappa shape index (κ1) is 18.2. The number of esters is 1. The minimum absolute atomic E-state index is 0.266. The summed E-state index contributed by atoms with van der Waals surface area (Å²) in [5, 5.41) is 0. The lowest BCUT2D eigenvalue weighted by molar-refractivity contribution is 0.0476. The van der Waals surface area contributed by atoms with Crippen LogP contribution in [0.15, 0.2) is 54.6 Å². The summed E-state index contributed by atoms with van der Waals surface area (Å²) >= 11 is 0. The molecule has 0 amide bonds. The van der Waals surface area contributed by atoms with Crippen molar-refractivity contribution >= 4 is 5.97 Å². The molecule has 2 rings (SSSR count). The quantitative estimate of drug-likeness (QED) is 0.482. The van der Waals surface area contributed by atoms with Gasteiger partial charge in [0.15, 0.2) is 0 Å². The van der Waals surface area contributed by atoms with Crippen LogP contribution in [0.4, 0.5) is 0 Å². The molecule has 3 heteroatoms. The van der Waals surface area contributed by atoms with E-state index in [0.29, 0.717) is 18.1 Å². The van der Waals surface area contributed by atoms with E-state index in [0.717, 1.165) is 37.2 Å². The molecular weight excluding hydrogens is 300 g/mol. The van der Waals surface area contributed by atoms with E-state index in [1.807, 2.05) is 42.5 Å². The van der Waals surface area contributed by atoms with Crippen LogP contribution >= 0.6 is 0 Å². The molecule has 0 atom stereocenters. The van der Waals surface area contributed by atoms with E-state index in [1.165, 1.54) is 0 Å². The smallest absolute Gasteiger partial charge is 0.338 e. The van der Waals surface area contributed by atoms with Crippen LogP contribution < -0.4 is 0 Å². The van der Waals surface area contributed by atoms with E-state index in [1.54, 1.807) is 0 Å². The van der Waals surface area contributed by atoms with Crippen molar-refractivity contribution in [2.24, 2.45) is 5.92 Å². The number of rotatable bonds is 9. The number of carbonyl (C=O) groups excluding carboxylic acids is 1. The molecule has 0 unspecified atom stereocenters. The van der Waals surface area contributed by atoms with Gasteiger partial charge in [0, 0.05) is 13.2 Å². The van der Waals surface area contributed by atoms with Crippen molar-refractivity contribution in [2.75, 3.05) is 19.8 Å². The Morgan fingerprint density at radius 3 is 2.17 bits per heavy atom. The predicted octanol–water partition coefficient (Wildman–Crippen LogP) is 4.96. The molecule has 3 nitrogen and oxygen atoms in total. The predicted molar refractivity (Wildman–Crippen MR) is 97.1 cm³/mol. The highest BCUT2D eigenvalue weighted by molar-refractivity contribution is 5.90. The van der Waals surface area contributed by atoms with Crippen molar-refractivity contribution in [1.82, 2.24) is 0 Å². The first-order chi connectivity index (χ1) is 11.7. The first-order valence-corrected chi connectivity index (χ1v) is 8.57. The summed E-state index contributed by atoms with van der Waals surface area (Å²) in [5.74, 6) is 0.291. The van der Waals surface area contributed by atoms with Gasteiger partial charge < -0.3 is 9.47 Å². The molecule has 0 spiro atoms. The second kappa shape index (κ2) is 9.89. The molecule has 128 valence electrons. The topological polar surface area (TPSA) is 35.5 Å². The molecular formula is C21H26O3. The lowest BCUT2D eigenvalue weighted by Crippen LogP contribution is -2.08. The monoisotopic (exact) mass is 326 g/mol. The van der Waals surface area contributed by atoms with Crippen LogP contribution in [0.1, 0.15) is 37.0 Å². The molecule has 0 aliphatic rings. The summed E-state index contributed by atoms with van der Waals surface area (Å²) < 4.78 is 10.8. The summed E-state index contributed by atoms with van der Waals surface area (Å²) in [4.78, 5) is 12.0. The maximum atomic E-state index is 12.0. The number of hydrogen-bond acceptors (Lipinski definition) is 3. The Balaban J connectivity index is 1.71. The molecule has 2 aromatic rings. The van der Waals surface area contributed by atoms with E-state index in [2.05, 4.69) is 26.0 Å². The van der Waals surface area contributed by atoms with Crippen LogP contribution in [-0.4, -0.2) is 25.8 Å². The normalized spacial score (nSPS) is 10.8. The molecule has 0 aliphatic carbocycles. The van der Waals surface area contributed by atoms with Crippen LogP contribution in [0.5, 0.6) is 0 Å². The summed E-state index contributed by atoms with van der Waals surface area (Å²) in [6.45, 7) is 6.20. The van der Waals surface area contributed by atoms with Gasteiger partial charge in [0.1, 0.15) is 0 Å². The fraction of sp³-hybridized carbons (Fsp3) is 0.381. The van der Waals surface area contributed by atoms with Crippen LogP contribution in [0.3, 0.4) is 0 Å². The minimum Gasteiger partial charge on any atom is -0.462 e. The van der Waals surface area contributed by atoms with E-state index >= 15 is 0 Å². The van der Waals surface area contributed by atoms with E-state index in [9.17, 15) is 4.79 Å². The maximum Gasteiger partial charge on any atom is 0.338 e. The van der Waals surface area contributed by atoms with Gasteiger partial charge >= 0.3 is 5.97 Å². The largest absolute Gasteiger partial charge is 0.462 e. The maximum absolute atomic E-state index is 12.0. The molecule has 2 aromatic carbocycles. The lowest BCUT2D eigenvalue weighted by atomic mass is 10.0. The molecule has 0 aliphatic heterocycles. The summed E-state index contributed by atoms with van der Waals surface area (Å²) in [7, 11) is 0. The third kappa shape index (κ3) is 6.17. The second-order valence-electron chi connectivity index (χ2n) is 6.26. The Bertz CT molecular complexity index is 603. The van der Waals surface area contributed by atoms with Gasteiger partial charge in [-0.1, -0.05) is 56.3 Å². The van der Waals surface area contributed by atoms with Gasteiger partial charge in [0.05, 0.1) is 12.2 Å². The average molecular weight is 326 g/mol. The highest BCUT2D eigenvalue weighted by Crippen LogP contribution is 2.19. The Labute approximate surface area is 144 Å². The molecule has 0 aromatic heterocycles. The van der Waals surface area contributed by atoms with Crippen molar-refractivity contribution in [3.8, 4) is 11.1 Å². The van der Waals surface area contributed by atoms with Crippen LogP contribution in [0.25, 0.3) is 11.1 Å². The van der Waals surface area contributed by atoms with Crippen LogP contribution in [-0.2, 0) is 9.47 Å². The molecule has 0 heterocycles. The number of benzene rings is 2. The molecule has 0 N–H and O–H groups in total. The van der Waals surface area contributed by atoms with Crippen molar-refractivity contribution < 1.29 is 14.3 Å². The van der Waals surface area contributed by atoms with Gasteiger partial charge in [-0.05, 0) is 42.0 Å². The number of unbranched alkanes of at least 4 members (excludes halogenated alkanes) is 1. The summed E-state index contributed by atoms with van der Waals surface area (Å²) in [6, 6.07) is 17.6. The zero-order valence-corrected chi connectivity index (χ0v) is 14.5. The van der Waals surface area contributed by atoms with Gasteiger partial charge in [-0.2, -0.15) is 0 Å². The van der Waals surface area contributed by atoms with Crippen molar-refractivity contribution in [3.63, 3.8) is 0 Å². The average Bonchev–Trinajstić information content (AvgIpc) is 2.61. The van der Waals surface area contributed by atoms with Gasteiger partial charge in [-0.15, -0.1) is 0 Å². The zero-order chi connectivity index (χ0) is 17.2. The van der Waals surface area contributed by atoms with Crippen molar-refractivity contribution in [2.45, 2.75) is 26.7 Å². The number of carbonyl (C=O) groups is 1. The van der Waals surface area contributed by atoms with Crippen LogP contribution in [0, 0.1) is 5.92 Å². The summed E-state index contributed by atoms with van der Waals surface area (Å²) in [5.41, 5.74) is 2.82.